The van der Waals surface area contributed by atoms with Crippen LogP contribution in [0.2, 0.25) is 0 Å². The van der Waals surface area contributed by atoms with Gasteiger partial charge in [-0.15, -0.1) is 0 Å². The largest absolute Gasteiger partial charge is 0.508 e. The lowest BCUT2D eigenvalue weighted by Crippen LogP contribution is -2.21. The molecule has 1 aromatic rings. The summed E-state index contributed by atoms with van der Waals surface area (Å²) in [7, 11) is 0. The third-order valence-electron chi connectivity index (χ3n) is 2.34. The zero-order valence-electron chi connectivity index (χ0n) is 8.63. The minimum Gasteiger partial charge on any atom is -0.508 e. The molecule has 1 rings (SSSR count). The van der Waals surface area contributed by atoms with Crippen molar-refractivity contribution in [2.45, 2.75) is 19.2 Å². The van der Waals surface area contributed by atoms with Crippen LogP contribution >= 0.6 is 15.9 Å². The summed E-state index contributed by atoms with van der Waals surface area (Å²) in [6, 6.07) is 5.82. The van der Waals surface area contributed by atoms with E-state index in [2.05, 4.69) is 34.7 Å². The Morgan fingerprint density at radius 2 is 1.93 bits per heavy atom. The molecule has 0 saturated heterocycles. The SMILES string of the molecule is CCN(CC)c1ccc(CBr)c(O)c1. The zero-order chi connectivity index (χ0) is 10.6. The lowest BCUT2D eigenvalue weighted by atomic mass is 10.2. The Kier molecular flexibility index (Phi) is 4.26. The van der Waals surface area contributed by atoms with Crippen LogP contribution in [-0.4, -0.2) is 18.2 Å². The summed E-state index contributed by atoms with van der Waals surface area (Å²) in [6.07, 6.45) is 0. The summed E-state index contributed by atoms with van der Waals surface area (Å²) in [5, 5.41) is 10.4. The predicted molar refractivity (Wildman–Crippen MR) is 64.3 cm³/mol. The van der Waals surface area contributed by atoms with Crippen molar-refractivity contribution in [1.29, 1.82) is 0 Å². The lowest BCUT2D eigenvalue weighted by molar-refractivity contribution is 0.470. The molecule has 0 amide bonds. The van der Waals surface area contributed by atoms with Crippen molar-refractivity contribution < 1.29 is 5.11 Å². The van der Waals surface area contributed by atoms with Crippen LogP contribution in [0, 0.1) is 0 Å². The maximum Gasteiger partial charge on any atom is 0.121 e. The maximum absolute atomic E-state index is 9.67. The van der Waals surface area contributed by atoms with Gasteiger partial charge in [0.15, 0.2) is 0 Å². The molecule has 0 radical (unpaired) electrons. The van der Waals surface area contributed by atoms with E-state index in [-0.39, 0.29) is 0 Å². The van der Waals surface area contributed by atoms with Crippen LogP contribution in [0.1, 0.15) is 19.4 Å². The van der Waals surface area contributed by atoms with Gasteiger partial charge in [0.25, 0.3) is 0 Å². The van der Waals surface area contributed by atoms with Crippen LogP contribution in [0.25, 0.3) is 0 Å². The minimum atomic E-state index is 0.367. The van der Waals surface area contributed by atoms with E-state index < -0.39 is 0 Å². The molecular weight excluding hydrogens is 242 g/mol. The molecule has 0 unspecified atom stereocenters. The first-order chi connectivity index (χ1) is 6.72. The molecule has 1 aromatic carbocycles. The molecule has 0 bridgehead atoms. The highest BCUT2D eigenvalue weighted by Gasteiger charge is 2.05. The molecule has 0 aliphatic heterocycles. The second-order valence-corrected chi connectivity index (χ2v) is 3.68. The smallest absolute Gasteiger partial charge is 0.121 e. The second kappa shape index (κ2) is 5.25. The predicted octanol–water partition coefficient (Wildman–Crippen LogP) is 3.13. The monoisotopic (exact) mass is 257 g/mol. The van der Waals surface area contributed by atoms with Gasteiger partial charge in [-0.3, -0.25) is 0 Å². The van der Waals surface area contributed by atoms with E-state index in [4.69, 9.17) is 0 Å². The van der Waals surface area contributed by atoms with Crippen molar-refractivity contribution >= 4 is 21.6 Å². The summed E-state index contributed by atoms with van der Waals surface area (Å²) in [6.45, 7) is 6.14. The van der Waals surface area contributed by atoms with Gasteiger partial charge in [0.1, 0.15) is 5.75 Å². The molecule has 0 aliphatic carbocycles. The molecule has 0 aromatic heterocycles. The highest BCUT2D eigenvalue weighted by Crippen LogP contribution is 2.25. The van der Waals surface area contributed by atoms with E-state index in [0.29, 0.717) is 11.1 Å². The fourth-order valence-electron chi connectivity index (χ4n) is 1.45. The van der Waals surface area contributed by atoms with Crippen LogP contribution in [0.3, 0.4) is 0 Å². The summed E-state index contributed by atoms with van der Waals surface area (Å²) in [4.78, 5) is 2.21. The molecule has 1 N–H and O–H groups in total. The highest BCUT2D eigenvalue weighted by atomic mass is 79.9. The van der Waals surface area contributed by atoms with Crippen LogP contribution < -0.4 is 4.90 Å². The number of anilines is 1. The minimum absolute atomic E-state index is 0.367. The first kappa shape index (κ1) is 11.4. The Bertz CT molecular complexity index is 297. The summed E-state index contributed by atoms with van der Waals surface area (Å²) >= 11 is 3.33. The molecule has 0 aliphatic rings. The molecule has 78 valence electrons. The van der Waals surface area contributed by atoms with Crippen molar-refractivity contribution in [3.63, 3.8) is 0 Å². The van der Waals surface area contributed by atoms with E-state index >= 15 is 0 Å². The number of benzene rings is 1. The Labute approximate surface area is 93.7 Å². The standard InChI is InChI=1S/C11H16BrNO/c1-3-13(4-2)10-6-5-9(8-12)11(14)7-10/h5-7,14H,3-4,8H2,1-2H3. The van der Waals surface area contributed by atoms with Crippen LogP contribution in [0.4, 0.5) is 5.69 Å². The van der Waals surface area contributed by atoms with Gasteiger partial charge in [-0.25, -0.2) is 0 Å². The average Bonchev–Trinajstić information content (AvgIpc) is 2.20. The first-order valence-corrected chi connectivity index (χ1v) is 5.97. The summed E-state index contributed by atoms with van der Waals surface area (Å²) in [5.41, 5.74) is 2.01. The Balaban J connectivity index is 2.95. The molecule has 0 heterocycles. The number of alkyl halides is 1. The number of hydrogen-bond acceptors (Lipinski definition) is 2. The zero-order valence-corrected chi connectivity index (χ0v) is 10.2. The number of rotatable bonds is 4. The number of hydrogen-bond donors (Lipinski definition) is 1. The highest BCUT2D eigenvalue weighted by molar-refractivity contribution is 9.08. The molecular formula is C11H16BrNO. The molecule has 0 spiro atoms. The molecule has 0 saturated carbocycles. The van der Waals surface area contributed by atoms with Crippen LogP contribution in [-0.2, 0) is 5.33 Å². The average molecular weight is 258 g/mol. The third-order valence-corrected chi connectivity index (χ3v) is 2.95. The summed E-state index contributed by atoms with van der Waals surface area (Å²) < 4.78 is 0. The van der Waals surface area contributed by atoms with E-state index in [1.54, 1.807) is 0 Å². The maximum atomic E-state index is 9.67. The van der Waals surface area contributed by atoms with Gasteiger partial charge >= 0.3 is 0 Å². The molecule has 2 nitrogen and oxygen atoms in total. The molecule has 14 heavy (non-hydrogen) atoms. The number of aromatic hydroxyl groups is 1. The van der Waals surface area contributed by atoms with Gasteiger partial charge in [0, 0.05) is 35.7 Å². The second-order valence-electron chi connectivity index (χ2n) is 3.12. The Hall–Kier alpha value is -0.700. The van der Waals surface area contributed by atoms with Gasteiger partial charge in [-0.2, -0.15) is 0 Å². The molecule has 3 heteroatoms. The Morgan fingerprint density at radius 3 is 2.36 bits per heavy atom. The molecule has 0 atom stereocenters. The molecule has 0 fully saturated rings. The van der Waals surface area contributed by atoms with Crippen molar-refractivity contribution in [3.8, 4) is 5.75 Å². The lowest BCUT2D eigenvalue weighted by Gasteiger charge is -2.21. The van der Waals surface area contributed by atoms with Gasteiger partial charge in [-0.05, 0) is 19.9 Å². The number of phenolic OH excluding ortho intramolecular Hbond substituents is 1. The van der Waals surface area contributed by atoms with Gasteiger partial charge in [0.05, 0.1) is 0 Å². The normalized spacial score (nSPS) is 10.2. The van der Waals surface area contributed by atoms with Crippen LogP contribution in [0.15, 0.2) is 18.2 Å². The van der Waals surface area contributed by atoms with Gasteiger partial charge in [0.2, 0.25) is 0 Å². The first-order valence-electron chi connectivity index (χ1n) is 4.85. The van der Waals surface area contributed by atoms with Crippen molar-refractivity contribution in [2.75, 3.05) is 18.0 Å². The van der Waals surface area contributed by atoms with E-state index in [1.807, 2.05) is 18.2 Å². The fraction of sp³-hybridized carbons (Fsp3) is 0.455. The van der Waals surface area contributed by atoms with E-state index in [1.165, 1.54) is 0 Å². The topological polar surface area (TPSA) is 23.5 Å². The summed E-state index contributed by atoms with van der Waals surface area (Å²) in [5.74, 6) is 0.367. The number of halogens is 1. The van der Waals surface area contributed by atoms with Crippen molar-refractivity contribution in [1.82, 2.24) is 0 Å². The van der Waals surface area contributed by atoms with Gasteiger partial charge in [-0.1, -0.05) is 22.0 Å². The quantitative estimate of drug-likeness (QED) is 0.839. The fourth-order valence-corrected chi connectivity index (χ4v) is 1.92. The van der Waals surface area contributed by atoms with Gasteiger partial charge < -0.3 is 10.0 Å². The van der Waals surface area contributed by atoms with Crippen molar-refractivity contribution in [2.24, 2.45) is 0 Å². The number of phenols is 1. The van der Waals surface area contributed by atoms with E-state index in [0.717, 1.165) is 24.3 Å². The van der Waals surface area contributed by atoms with E-state index in [9.17, 15) is 5.11 Å². The Morgan fingerprint density at radius 1 is 1.29 bits per heavy atom. The van der Waals surface area contributed by atoms with Crippen molar-refractivity contribution in [3.05, 3.63) is 23.8 Å². The third kappa shape index (κ3) is 2.41. The number of nitrogens with zero attached hydrogens (tertiary/aromatic N) is 1. The van der Waals surface area contributed by atoms with Crippen LogP contribution in [0.5, 0.6) is 5.75 Å².